The summed E-state index contributed by atoms with van der Waals surface area (Å²) in [4.78, 5) is 24.5. The van der Waals surface area contributed by atoms with Gasteiger partial charge in [-0.15, -0.1) is 0 Å². The van der Waals surface area contributed by atoms with Gasteiger partial charge >= 0.3 is 11.9 Å². The largest absolute Gasteiger partial charge is 0.440 e. The van der Waals surface area contributed by atoms with E-state index < -0.39 is 44.1 Å². The molecule has 204 valence electrons. The highest BCUT2D eigenvalue weighted by molar-refractivity contribution is 7.91. The zero-order valence-electron chi connectivity index (χ0n) is 20.6. The molecule has 0 heterocycles. The van der Waals surface area contributed by atoms with Gasteiger partial charge < -0.3 is 9.47 Å². The molecule has 0 aliphatic heterocycles. The van der Waals surface area contributed by atoms with Gasteiger partial charge in [0.2, 0.25) is 0 Å². The topological polar surface area (TPSA) is 145 Å². The SMILES string of the molecule is C=CC(NCCS(=O)(=O)c1ccccc1)OC(=O)/C=C\C(=O)OC(C=C)NCCS(=O)(=O)c1ccccc1. The van der Waals surface area contributed by atoms with Gasteiger partial charge in [0.1, 0.15) is 0 Å². The average Bonchev–Trinajstić information content (AvgIpc) is 2.91. The summed E-state index contributed by atoms with van der Waals surface area (Å²) in [6.07, 6.45) is 2.20. The third-order valence-electron chi connectivity index (χ3n) is 4.91. The van der Waals surface area contributed by atoms with Crippen LogP contribution in [0.2, 0.25) is 0 Å². The number of rotatable bonds is 16. The summed E-state index contributed by atoms with van der Waals surface area (Å²) in [6.45, 7) is 7.03. The smallest absolute Gasteiger partial charge is 0.332 e. The van der Waals surface area contributed by atoms with Crippen molar-refractivity contribution in [2.24, 2.45) is 0 Å². The maximum atomic E-state index is 12.3. The van der Waals surface area contributed by atoms with Gasteiger partial charge in [-0.05, 0) is 36.4 Å². The number of hydrogen-bond donors (Lipinski definition) is 2. The highest BCUT2D eigenvalue weighted by Gasteiger charge is 2.17. The quantitative estimate of drug-likeness (QED) is 0.134. The molecule has 0 bridgehead atoms. The molecular weight excluding hydrogens is 532 g/mol. The van der Waals surface area contributed by atoms with E-state index in [1.165, 1.54) is 36.4 Å². The highest BCUT2D eigenvalue weighted by Crippen LogP contribution is 2.10. The van der Waals surface area contributed by atoms with Crippen molar-refractivity contribution in [3.8, 4) is 0 Å². The van der Waals surface area contributed by atoms with Crippen LogP contribution in [0.4, 0.5) is 0 Å². The summed E-state index contributed by atoms with van der Waals surface area (Å²) in [5, 5.41) is 5.48. The molecule has 2 rings (SSSR count). The van der Waals surface area contributed by atoms with Crippen LogP contribution in [-0.2, 0) is 38.7 Å². The predicted octanol–water partition coefficient (Wildman–Crippen LogP) is 1.78. The minimum Gasteiger partial charge on any atom is -0.440 e. The summed E-state index contributed by atoms with van der Waals surface area (Å²) in [5.74, 6) is -2.27. The van der Waals surface area contributed by atoms with E-state index in [0.717, 1.165) is 12.2 Å². The Morgan fingerprint density at radius 1 is 0.684 bits per heavy atom. The van der Waals surface area contributed by atoms with Gasteiger partial charge in [-0.2, -0.15) is 0 Å². The Morgan fingerprint density at radius 3 is 1.34 bits per heavy atom. The molecule has 38 heavy (non-hydrogen) atoms. The molecule has 0 aromatic heterocycles. The molecule has 0 aliphatic rings. The van der Waals surface area contributed by atoms with Gasteiger partial charge in [-0.1, -0.05) is 49.6 Å². The van der Waals surface area contributed by atoms with Gasteiger partial charge in [0.25, 0.3) is 0 Å². The number of benzene rings is 2. The summed E-state index contributed by atoms with van der Waals surface area (Å²) in [7, 11) is -7.03. The zero-order valence-corrected chi connectivity index (χ0v) is 22.2. The minimum absolute atomic E-state index is 0.0143. The van der Waals surface area contributed by atoms with Gasteiger partial charge in [0, 0.05) is 25.2 Å². The van der Waals surface area contributed by atoms with Crippen LogP contribution in [0.25, 0.3) is 0 Å². The molecule has 0 spiro atoms. The first-order valence-corrected chi connectivity index (χ1v) is 14.7. The molecule has 2 N–H and O–H groups in total. The summed E-state index contributed by atoms with van der Waals surface area (Å²) < 4.78 is 59.4. The van der Waals surface area contributed by atoms with Crippen LogP contribution in [-0.4, -0.2) is 65.8 Å². The molecule has 2 aromatic carbocycles. The Balaban J connectivity index is 1.76. The second kappa shape index (κ2) is 15.0. The molecule has 0 aliphatic carbocycles. The van der Waals surface area contributed by atoms with Crippen molar-refractivity contribution >= 4 is 31.6 Å². The van der Waals surface area contributed by atoms with Crippen LogP contribution in [0.3, 0.4) is 0 Å². The molecular formula is C26H30N2O8S2. The minimum atomic E-state index is -3.52. The second-order valence-electron chi connectivity index (χ2n) is 7.69. The number of hydrogen-bond acceptors (Lipinski definition) is 10. The first-order chi connectivity index (χ1) is 18.1. The maximum Gasteiger partial charge on any atom is 0.332 e. The maximum absolute atomic E-state index is 12.3. The van der Waals surface area contributed by atoms with E-state index in [2.05, 4.69) is 23.8 Å². The van der Waals surface area contributed by atoms with Crippen LogP contribution in [0.5, 0.6) is 0 Å². The van der Waals surface area contributed by atoms with E-state index in [1.807, 2.05) is 0 Å². The molecule has 0 radical (unpaired) electrons. The lowest BCUT2D eigenvalue weighted by molar-refractivity contribution is -0.144. The van der Waals surface area contributed by atoms with E-state index >= 15 is 0 Å². The van der Waals surface area contributed by atoms with Gasteiger partial charge in [0.05, 0.1) is 21.3 Å². The van der Waals surface area contributed by atoms with E-state index in [-0.39, 0.29) is 34.4 Å². The lowest BCUT2D eigenvalue weighted by Crippen LogP contribution is -2.35. The molecule has 0 saturated carbocycles. The summed E-state index contributed by atoms with van der Waals surface area (Å²) in [6, 6.07) is 15.9. The first-order valence-electron chi connectivity index (χ1n) is 11.4. The number of sulfone groups is 2. The number of nitrogens with one attached hydrogen (secondary N) is 2. The molecule has 2 atom stereocenters. The number of carbonyl (C=O) groups excluding carboxylic acids is 2. The Labute approximate surface area is 222 Å². The summed E-state index contributed by atoms with van der Waals surface area (Å²) >= 11 is 0. The van der Waals surface area contributed by atoms with Crippen LogP contribution in [0.15, 0.2) is 108 Å². The molecule has 2 aromatic rings. The van der Waals surface area contributed by atoms with Crippen molar-refractivity contribution in [2.75, 3.05) is 24.6 Å². The third-order valence-corrected chi connectivity index (χ3v) is 8.37. The highest BCUT2D eigenvalue weighted by atomic mass is 32.2. The lowest BCUT2D eigenvalue weighted by atomic mass is 10.4. The Hall–Kier alpha value is -3.58. The molecule has 0 saturated heterocycles. The Kier molecular flexibility index (Phi) is 12.1. The average molecular weight is 563 g/mol. The van der Waals surface area contributed by atoms with Crippen molar-refractivity contribution in [1.82, 2.24) is 10.6 Å². The zero-order chi connectivity index (χ0) is 28.0. The normalized spacial score (nSPS) is 13.4. The fraction of sp³-hybridized carbons (Fsp3) is 0.231. The molecule has 0 amide bonds. The van der Waals surface area contributed by atoms with Gasteiger partial charge in [-0.3, -0.25) is 10.6 Å². The number of esters is 2. The van der Waals surface area contributed by atoms with E-state index in [9.17, 15) is 26.4 Å². The first kappa shape index (κ1) is 30.6. The van der Waals surface area contributed by atoms with Crippen LogP contribution in [0.1, 0.15) is 0 Å². The molecule has 12 heteroatoms. The molecule has 2 unspecified atom stereocenters. The Bertz CT molecular complexity index is 1220. The van der Waals surface area contributed by atoms with E-state index in [4.69, 9.17) is 9.47 Å². The molecule has 0 fully saturated rings. The molecule has 10 nitrogen and oxygen atoms in total. The predicted molar refractivity (Wildman–Crippen MR) is 142 cm³/mol. The van der Waals surface area contributed by atoms with Gasteiger partial charge in [-0.25, -0.2) is 26.4 Å². The number of carbonyl (C=O) groups is 2. The third kappa shape index (κ3) is 10.4. The fourth-order valence-electron chi connectivity index (χ4n) is 2.97. The summed E-state index contributed by atoms with van der Waals surface area (Å²) in [5.41, 5.74) is 0. The standard InChI is InChI=1S/C26H30N2O8S2/c1-3-23(27-17-19-37(31,32)21-11-7-5-8-12-21)35-25(29)15-16-26(30)36-24(4-2)28-18-20-38(33,34)22-13-9-6-10-14-22/h3-16,23-24,27-28H,1-2,17-20H2/b16-15-. The van der Waals surface area contributed by atoms with Crippen molar-refractivity contribution in [3.05, 3.63) is 98.1 Å². The van der Waals surface area contributed by atoms with E-state index in [0.29, 0.717) is 0 Å². The van der Waals surface area contributed by atoms with Crippen molar-refractivity contribution in [1.29, 1.82) is 0 Å². The monoisotopic (exact) mass is 562 g/mol. The lowest BCUT2D eigenvalue weighted by Gasteiger charge is -2.15. The van der Waals surface area contributed by atoms with Crippen LogP contribution in [0, 0.1) is 0 Å². The van der Waals surface area contributed by atoms with E-state index in [1.54, 1.807) is 36.4 Å². The number of ether oxygens (including phenoxy) is 2. The van der Waals surface area contributed by atoms with Crippen molar-refractivity contribution in [3.63, 3.8) is 0 Å². The van der Waals surface area contributed by atoms with Crippen molar-refractivity contribution < 1.29 is 35.9 Å². The van der Waals surface area contributed by atoms with Gasteiger partial charge in [0.15, 0.2) is 32.1 Å². The fourth-order valence-corrected chi connectivity index (χ4v) is 5.36. The Morgan fingerprint density at radius 2 is 1.03 bits per heavy atom. The van der Waals surface area contributed by atoms with Crippen LogP contribution >= 0.6 is 0 Å². The second-order valence-corrected chi connectivity index (χ2v) is 11.9. The van der Waals surface area contributed by atoms with Crippen LogP contribution < -0.4 is 10.6 Å². The van der Waals surface area contributed by atoms with Crippen molar-refractivity contribution in [2.45, 2.75) is 22.2 Å².